The number of fused-ring (bicyclic) bond motifs is 1. The van der Waals surface area contributed by atoms with Crippen molar-refractivity contribution >= 4 is 17.4 Å². The Morgan fingerprint density at radius 2 is 2.06 bits per heavy atom. The number of rotatable bonds is 2. The SMILES string of the molecule is Cc1cc2c(cc1C)N(C)C(CCO)CS2. The molecule has 0 fully saturated rings. The molecular formula is C13H19NOS. The fourth-order valence-corrected chi connectivity index (χ4v) is 3.46. The molecule has 1 aliphatic rings. The van der Waals surface area contributed by atoms with Crippen LogP contribution in [0.4, 0.5) is 5.69 Å². The number of aryl methyl sites for hydroxylation is 2. The van der Waals surface area contributed by atoms with Crippen molar-refractivity contribution in [1.29, 1.82) is 0 Å². The lowest BCUT2D eigenvalue weighted by atomic mass is 10.1. The van der Waals surface area contributed by atoms with Gasteiger partial charge >= 0.3 is 0 Å². The molecule has 0 saturated heterocycles. The molecule has 1 unspecified atom stereocenters. The quantitative estimate of drug-likeness (QED) is 0.855. The highest BCUT2D eigenvalue weighted by atomic mass is 32.2. The molecule has 1 heterocycles. The second-order valence-corrected chi connectivity index (χ2v) is 5.55. The Morgan fingerprint density at radius 1 is 1.38 bits per heavy atom. The summed E-state index contributed by atoms with van der Waals surface area (Å²) in [5, 5.41) is 9.05. The van der Waals surface area contributed by atoms with Gasteiger partial charge in [0.05, 0.1) is 5.69 Å². The molecule has 2 nitrogen and oxygen atoms in total. The fourth-order valence-electron chi connectivity index (χ4n) is 2.09. The maximum atomic E-state index is 9.05. The van der Waals surface area contributed by atoms with Crippen LogP contribution in [0, 0.1) is 13.8 Å². The van der Waals surface area contributed by atoms with Gasteiger partial charge in [-0.2, -0.15) is 0 Å². The zero-order valence-electron chi connectivity index (χ0n) is 10.2. The van der Waals surface area contributed by atoms with Crippen molar-refractivity contribution in [2.75, 3.05) is 24.3 Å². The molecule has 0 aliphatic carbocycles. The maximum Gasteiger partial charge on any atom is 0.0507 e. The summed E-state index contributed by atoms with van der Waals surface area (Å²) in [5.41, 5.74) is 4.02. The van der Waals surface area contributed by atoms with Crippen molar-refractivity contribution in [3.05, 3.63) is 23.3 Å². The third-order valence-electron chi connectivity index (χ3n) is 3.40. The largest absolute Gasteiger partial charge is 0.396 e. The average molecular weight is 237 g/mol. The number of nitrogens with zero attached hydrogens (tertiary/aromatic N) is 1. The van der Waals surface area contributed by atoms with Crippen molar-refractivity contribution in [2.45, 2.75) is 31.2 Å². The number of aliphatic hydroxyl groups is 1. The van der Waals surface area contributed by atoms with Gasteiger partial charge in [-0.05, 0) is 43.5 Å². The van der Waals surface area contributed by atoms with E-state index < -0.39 is 0 Å². The first-order valence-corrected chi connectivity index (χ1v) is 6.69. The first-order chi connectivity index (χ1) is 7.63. The van der Waals surface area contributed by atoms with E-state index in [4.69, 9.17) is 5.11 Å². The Balaban J connectivity index is 2.33. The van der Waals surface area contributed by atoms with Crippen LogP contribution in [0.5, 0.6) is 0 Å². The van der Waals surface area contributed by atoms with Crippen LogP contribution in [0.25, 0.3) is 0 Å². The van der Waals surface area contributed by atoms with E-state index in [9.17, 15) is 0 Å². The topological polar surface area (TPSA) is 23.5 Å². The predicted molar refractivity (Wildman–Crippen MR) is 70.5 cm³/mol. The number of thioether (sulfide) groups is 1. The van der Waals surface area contributed by atoms with E-state index in [1.54, 1.807) is 0 Å². The summed E-state index contributed by atoms with van der Waals surface area (Å²) in [6, 6.07) is 5.01. The Bertz CT molecular complexity index is 392. The molecule has 3 heteroatoms. The fraction of sp³-hybridized carbons (Fsp3) is 0.538. The monoisotopic (exact) mass is 237 g/mol. The third-order valence-corrected chi connectivity index (χ3v) is 4.59. The minimum atomic E-state index is 0.274. The van der Waals surface area contributed by atoms with Gasteiger partial charge in [-0.3, -0.25) is 0 Å². The molecule has 1 N–H and O–H groups in total. The molecule has 0 bridgehead atoms. The lowest BCUT2D eigenvalue weighted by Crippen LogP contribution is -2.37. The van der Waals surface area contributed by atoms with Crippen LogP contribution in [0.3, 0.4) is 0 Å². The molecule has 0 aromatic heterocycles. The molecule has 16 heavy (non-hydrogen) atoms. The molecule has 1 aromatic carbocycles. The highest BCUT2D eigenvalue weighted by Crippen LogP contribution is 2.38. The van der Waals surface area contributed by atoms with Crippen molar-refractivity contribution in [3.63, 3.8) is 0 Å². The lowest BCUT2D eigenvalue weighted by Gasteiger charge is -2.36. The molecule has 1 atom stereocenters. The first-order valence-electron chi connectivity index (χ1n) is 5.71. The summed E-state index contributed by atoms with van der Waals surface area (Å²) in [4.78, 5) is 3.69. The number of anilines is 1. The average Bonchev–Trinajstić information content (AvgIpc) is 2.26. The Hall–Kier alpha value is -0.670. The molecule has 88 valence electrons. The molecular weight excluding hydrogens is 218 g/mol. The second-order valence-electron chi connectivity index (χ2n) is 4.49. The van der Waals surface area contributed by atoms with Gasteiger partial charge in [0.2, 0.25) is 0 Å². The van der Waals surface area contributed by atoms with Crippen LogP contribution in [-0.2, 0) is 0 Å². The van der Waals surface area contributed by atoms with Gasteiger partial charge in [0.1, 0.15) is 0 Å². The molecule has 1 aromatic rings. The van der Waals surface area contributed by atoms with E-state index in [1.165, 1.54) is 21.7 Å². The summed E-state index contributed by atoms with van der Waals surface area (Å²) in [6.45, 7) is 4.59. The van der Waals surface area contributed by atoms with E-state index >= 15 is 0 Å². The summed E-state index contributed by atoms with van der Waals surface area (Å²) >= 11 is 1.91. The van der Waals surface area contributed by atoms with Crippen molar-refractivity contribution < 1.29 is 5.11 Å². The van der Waals surface area contributed by atoms with Gasteiger partial charge in [0.15, 0.2) is 0 Å². The van der Waals surface area contributed by atoms with Crippen molar-refractivity contribution in [2.24, 2.45) is 0 Å². The van der Waals surface area contributed by atoms with Crippen LogP contribution in [-0.4, -0.2) is 30.6 Å². The Labute approximate surface area is 102 Å². The third kappa shape index (κ3) is 2.06. The van der Waals surface area contributed by atoms with E-state index in [0.717, 1.165) is 12.2 Å². The van der Waals surface area contributed by atoms with Crippen LogP contribution in [0.2, 0.25) is 0 Å². The molecule has 2 rings (SSSR count). The number of aliphatic hydroxyl groups excluding tert-OH is 1. The molecule has 0 saturated carbocycles. The molecule has 0 amide bonds. The second kappa shape index (κ2) is 4.68. The Kier molecular flexibility index (Phi) is 3.45. The normalized spacial score (nSPS) is 19.8. The maximum absolute atomic E-state index is 9.05. The molecule has 0 spiro atoms. The van der Waals surface area contributed by atoms with Gasteiger partial charge in [0, 0.05) is 30.3 Å². The van der Waals surface area contributed by atoms with Crippen LogP contribution < -0.4 is 4.90 Å². The number of hydrogen-bond donors (Lipinski definition) is 1. The van der Waals surface area contributed by atoms with Crippen LogP contribution >= 0.6 is 11.8 Å². The van der Waals surface area contributed by atoms with Crippen molar-refractivity contribution in [1.82, 2.24) is 0 Å². The van der Waals surface area contributed by atoms with Gasteiger partial charge in [-0.15, -0.1) is 11.8 Å². The number of hydrogen-bond acceptors (Lipinski definition) is 3. The lowest BCUT2D eigenvalue weighted by molar-refractivity contribution is 0.278. The number of benzene rings is 1. The Morgan fingerprint density at radius 3 is 2.75 bits per heavy atom. The smallest absolute Gasteiger partial charge is 0.0507 e. The van der Waals surface area contributed by atoms with Crippen molar-refractivity contribution in [3.8, 4) is 0 Å². The van der Waals surface area contributed by atoms with Gasteiger partial charge < -0.3 is 10.0 Å². The van der Waals surface area contributed by atoms with Crippen LogP contribution in [0.15, 0.2) is 17.0 Å². The van der Waals surface area contributed by atoms with E-state index in [-0.39, 0.29) is 6.61 Å². The highest BCUT2D eigenvalue weighted by Gasteiger charge is 2.23. The van der Waals surface area contributed by atoms with Crippen LogP contribution in [0.1, 0.15) is 17.5 Å². The molecule has 0 radical (unpaired) electrons. The van der Waals surface area contributed by atoms with E-state index in [1.807, 2.05) is 11.8 Å². The minimum absolute atomic E-state index is 0.274. The van der Waals surface area contributed by atoms with Gasteiger partial charge in [0.25, 0.3) is 0 Å². The van der Waals surface area contributed by atoms with E-state index in [0.29, 0.717) is 6.04 Å². The van der Waals surface area contributed by atoms with Gasteiger partial charge in [-0.1, -0.05) is 0 Å². The summed E-state index contributed by atoms with van der Waals surface area (Å²) in [5.74, 6) is 1.08. The van der Waals surface area contributed by atoms with Gasteiger partial charge in [-0.25, -0.2) is 0 Å². The summed E-state index contributed by atoms with van der Waals surface area (Å²) < 4.78 is 0. The zero-order chi connectivity index (χ0) is 11.7. The van der Waals surface area contributed by atoms with E-state index in [2.05, 4.69) is 37.9 Å². The zero-order valence-corrected chi connectivity index (χ0v) is 11.0. The predicted octanol–water partition coefficient (Wildman–Crippen LogP) is 2.60. The highest BCUT2D eigenvalue weighted by molar-refractivity contribution is 7.99. The first kappa shape index (κ1) is 11.8. The summed E-state index contributed by atoms with van der Waals surface area (Å²) in [6.07, 6.45) is 0.857. The molecule has 1 aliphatic heterocycles. The standard InChI is InChI=1S/C13H19NOS/c1-9-6-12-13(7-10(9)2)16-8-11(4-5-15)14(12)3/h6-7,11,15H,4-5,8H2,1-3H3. The summed E-state index contributed by atoms with van der Waals surface area (Å²) in [7, 11) is 2.13. The minimum Gasteiger partial charge on any atom is -0.396 e.